The summed E-state index contributed by atoms with van der Waals surface area (Å²) in [5, 5.41) is 10.2. The fourth-order valence-electron chi connectivity index (χ4n) is 2.52. The summed E-state index contributed by atoms with van der Waals surface area (Å²) in [5.74, 6) is -0.872. The number of carboxylic acids is 1. The number of nitrogens with two attached hydrogens (primary N) is 1. The number of carbonyl (C=O) groups is 1. The van der Waals surface area contributed by atoms with Gasteiger partial charge in [0.2, 0.25) is 0 Å². The normalized spacial score (nSPS) is 11.1. The molecule has 0 bridgehead atoms. The molecular weight excluding hydrogens is 252 g/mol. The zero-order chi connectivity index (χ0) is 14.5. The van der Waals surface area contributed by atoms with Gasteiger partial charge in [-0.05, 0) is 49.6 Å². The van der Waals surface area contributed by atoms with Gasteiger partial charge in [-0.1, -0.05) is 13.3 Å². The van der Waals surface area contributed by atoms with Crippen LogP contribution in [0.2, 0.25) is 0 Å². The molecule has 1 heterocycles. The van der Waals surface area contributed by atoms with E-state index in [0.29, 0.717) is 12.1 Å². The molecule has 0 aliphatic carbocycles. The second kappa shape index (κ2) is 6.57. The van der Waals surface area contributed by atoms with E-state index in [1.807, 2.05) is 6.07 Å². The largest absolute Gasteiger partial charge is 0.478 e. The van der Waals surface area contributed by atoms with Gasteiger partial charge in [0.15, 0.2) is 0 Å². The Labute approximate surface area is 119 Å². The van der Waals surface area contributed by atoms with Crippen molar-refractivity contribution >= 4 is 16.9 Å². The van der Waals surface area contributed by atoms with E-state index in [1.54, 1.807) is 12.1 Å². The number of unbranched alkanes of at least 4 members (excludes halogenated alkanes) is 1. The zero-order valence-electron chi connectivity index (χ0n) is 11.9. The van der Waals surface area contributed by atoms with E-state index in [-0.39, 0.29) is 0 Å². The Kier molecular flexibility index (Phi) is 4.79. The SMILES string of the molecule is CCCCc1cn(CCCN)c2ccc(C(=O)O)cc12. The number of rotatable bonds is 7. The number of aromatic carboxylic acids is 1. The third-order valence-corrected chi connectivity index (χ3v) is 3.61. The van der Waals surface area contributed by atoms with Gasteiger partial charge in [-0.3, -0.25) is 0 Å². The average Bonchev–Trinajstić information content (AvgIpc) is 2.80. The van der Waals surface area contributed by atoms with Crippen molar-refractivity contribution in [2.75, 3.05) is 6.54 Å². The van der Waals surface area contributed by atoms with Crippen LogP contribution in [0, 0.1) is 0 Å². The van der Waals surface area contributed by atoms with E-state index in [9.17, 15) is 4.79 Å². The summed E-state index contributed by atoms with van der Waals surface area (Å²) in [7, 11) is 0. The fourth-order valence-corrected chi connectivity index (χ4v) is 2.52. The van der Waals surface area contributed by atoms with Crippen LogP contribution in [-0.4, -0.2) is 22.2 Å². The fraction of sp³-hybridized carbons (Fsp3) is 0.438. The minimum absolute atomic E-state index is 0.354. The van der Waals surface area contributed by atoms with E-state index >= 15 is 0 Å². The van der Waals surface area contributed by atoms with Gasteiger partial charge in [-0.2, -0.15) is 0 Å². The van der Waals surface area contributed by atoms with Crippen molar-refractivity contribution in [3.8, 4) is 0 Å². The highest BCUT2D eigenvalue weighted by molar-refractivity contribution is 5.95. The monoisotopic (exact) mass is 274 g/mol. The summed E-state index contributed by atoms with van der Waals surface area (Å²) in [4.78, 5) is 11.1. The Morgan fingerprint density at radius 1 is 1.35 bits per heavy atom. The van der Waals surface area contributed by atoms with Crippen LogP contribution in [0.3, 0.4) is 0 Å². The van der Waals surface area contributed by atoms with Crippen LogP contribution in [0.5, 0.6) is 0 Å². The molecule has 0 atom stereocenters. The number of carboxylic acid groups (broad SMARTS) is 1. The summed E-state index contributed by atoms with van der Waals surface area (Å²) in [6.45, 7) is 3.71. The molecule has 0 amide bonds. The first kappa shape index (κ1) is 14.6. The summed E-state index contributed by atoms with van der Waals surface area (Å²) >= 11 is 0. The molecule has 1 aromatic carbocycles. The number of benzene rings is 1. The van der Waals surface area contributed by atoms with E-state index in [4.69, 9.17) is 10.8 Å². The smallest absolute Gasteiger partial charge is 0.335 e. The predicted molar refractivity (Wildman–Crippen MR) is 81.2 cm³/mol. The molecule has 3 N–H and O–H groups in total. The number of fused-ring (bicyclic) bond motifs is 1. The highest BCUT2D eigenvalue weighted by atomic mass is 16.4. The quantitative estimate of drug-likeness (QED) is 0.815. The maximum Gasteiger partial charge on any atom is 0.335 e. The zero-order valence-corrected chi connectivity index (χ0v) is 11.9. The van der Waals surface area contributed by atoms with Crippen LogP contribution in [-0.2, 0) is 13.0 Å². The van der Waals surface area contributed by atoms with Crippen molar-refractivity contribution in [2.24, 2.45) is 5.73 Å². The lowest BCUT2D eigenvalue weighted by atomic mass is 10.1. The molecule has 2 rings (SSSR count). The van der Waals surface area contributed by atoms with Crippen LogP contribution in [0.1, 0.15) is 42.1 Å². The number of nitrogens with zero attached hydrogens (tertiary/aromatic N) is 1. The lowest BCUT2D eigenvalue weighted by Crippen LogP contribution is -2.04. The first-order valence-corrected chi connectivity index (χ1v) is 7.22. The maximum atomic E-state index is 11.1. The molecule has 4 heteroatoms. The molecule has 0 aliphatic heterocycles. The van der Waals surface area contributed by atoms with Crippen LogP contribution in [0.25, 0.3) is 10.9 Å². The first-order chi connectivity index (χ1) is 9.67. The standard InChI is InChI=1S/C16H22N2O2/c1-2-3-5-13-11-18(9-4-8-17)15-7-6-12(16(19)20)10-14(13)15/h6-7,10-11H,2-5,8-9,17H2,1H3,(H,19,20). The number of hydrogen-bond acceptors (Lipinski definition) is 2. The van der Waals surface area contributed by atoms with Crippen LogP contribution in [0.4, 0.5) is 0 Å². The Bertz CT molecular complexity index is 602. The second-order valence-electron chi connectivity index (χ2n) is 5.13. The van der Waals surface area contributed by atoms with Gasteiger partial charge >= 0.3 is 5.97 Å². The van der Waals surface area contributed by atoms with Crippen molar-refractivity contribution < 1.29 is 9.90 Å². The minimum Gasteiger partial charge on any atom is -0.478 e. The maximum absolute atomic E-state index is 11.1. The summed E-state index contributed by atoms with van der Waals surface area (Å²) in [6.07, 6.45) is 6.33. The van der Waals surface area contributed by atoms with E-state index < -0.39 is 5.97 Å². The average molecular weight is 274 g/mol. The summed E-state index contributed by atoms with van der Waals surface area (Å²) in [5.41, 5.74) is 8.28. The molecule has 4 nitrogen and oxygen atoms in total. The molecule has 0 aliphatic rings. The summed E-state index contributed by atoms with van der Waals surface area (Å²) in [6, 6.07) is 5.37. The van der Waals surface area contributed by atoms with Crippen molar-refractivity contribution in [1.82, 2.24) is 4.57 Å². The van der Waals surface area contributed by atoms with Gasteiger partial charge in [0.1, 0.15) is 0 Å². The third kappa shape index (κ3) is 3.02. The lowest BCUT2D eigenvalue weighted by molar-refractivity contribution is 0.0697. The Morgan fingerprint density at radius 3 is 2.80 bits per heavy atom. The van der Waals surface area contributed by atoms with Gasteiger partial charge in [0.25, 0.3) is 0 Å². The highest BCUT2D eigenvalue weighted by Gasteiger charge is 2.11. The van der Waals surface area contributed by atoms with Gasteiger partial charge in [-0.15, -0.1) is 0 Å². The molecule has 20 heavy (non-hydrogen) atoms. The van der Waals surface area contributed by atoms with E-state index in [1.165, 1.54) is 5.56 Å². The van der Waals surface area contributed by atoms with Crippen molar-refractivity contribution in [2.45, 2.75) is 39.2 Å². The Hall–Kier alpha value is -1.81. The van der Waals surface area contributed by atoms with Crippen molar-refractivity contribution in [1.29, 1.82) is 0 Å². The van der Waals surface area contributed by atoms with Crippen molar-refractivity contribution in [3.63, 3.8) is 0 Å². The molecule has 0 fully saturated rings. The second-order valence-corrected chi connectivity index (χ2v) is 5.13. The number of hydrogen-bond donors (Lipinski definition) is 2. The Morgan fingerprint density at radius 2 is 2.15 bits per heavy atom. The summed E-state index contributed by atoms with van der Waals surface area (Å²) < 4.78 is 2.19. The number of aryl methyl sites for hydroxylation is 2. The molecule has 0 saturated heterocycles. The predicted octanol–water partition coefficient (Wildman–Crippen LogP) is 3.03. The number of aromatic nitrogens is 1. The molecule has 2 aromatic rings. The Balaban J connectivity index is 2.45. The lowest BCUT2D eigenvalue weighted by Gasteiger charge is -2.04. The van der Waals surface area contributed by atoms with Gasteiger partial charge in [-0.25, -0.2) is 4.79 Å². The molecular formula is C16H22N2O2. The molecule has 108 valence electrons. The molecule has 0 radical (unpaired) electrons. The van der Waals surface area contributed by atoms with Crippen molar-refractivity contribution in [3.05, 3.63) is 35.5 Å². The van der Waals surface area contributed by atoms with Gasteiger partial charge in [0, 0.05) is 23.6 Å². The molecule has 0 spiro atoms. The molecule has 0 saturated carbocycles. The van der Waals surface area contributed by atoms with E-state index in [0.717, 1.165) is 43.1 Å². The van der Waals surface area contributed by atoms with Crippen LogP contribution in [0.15, 0.2) is 24.4 Å². The third-order valence-electron chi connectivity index (χ3n) is 3.61. The van der Waals surface area contributed by atoms with Crippen LogP contribution < -0.4 is 5.73 Å². The van der Waals surface area contributed by atoms with Gasteiger partial charge in [0.05, 0.1) is 5.56 Å². The minimum atomic E-state index is -0.872. The molecule has 1 aromatic heterocycles. The highest BCUT2D eigenvalue weighted by Crippen LogP contribution is 2.25. The van der Waals surface area contributed by atoms with Gasteiger partial charge < -0.3 is 15.4 Å². The van der Waals surface area contributed by atoms with E-state index in [2.05, 4.69) is 17.7 Å². The molecule has 0 unspecified atom stereocenters. The topological polar surface area (TPSA) is 68.2 Å². The van der Waals surface area contributed by atoms with Crippen LogP contribution >= 0.6 is 0 Å². The first-order valence-electron chi connectivity index (χ1n) is 7.22.